The molecule has 0 aliphatic heterocycles. The molecule has 0 spiro atoms. The molecule has 1 unspecified atom stereocenters. The Labute approximate surface area is 123 Å². The SMILES string of the molecule is CC(Cc1ccc(Cl)cc1)(Nc1ccccc1)C(=O)O. The number of nitrogens with one attached hydrogen (secondary N) is 1. The highest BCUT2D eigenvalue weighted by Gasteiger charge is 2.33. The van der Waals surface area contributed by atoms with Crippen LogP contribution < -0.4 is 5.32 Å². The Morgan fingerprint density at radius 1 is 1.15 bits per heavy atom. The number of benzene rings is 2. The van der Waals surface area contributed by atoms with Gasteiger partial charge in [0.25, 0.3) is 0 Å². The summed E-state index contributed by atoms with van der Waals surface area (Å²) in [6.45, 7) is 1.68. The fourth-order valence-corrected chi connectivity index (χ4v) is 2.15. The maximum atomic E-state index is 11.6. The number of carbonyl (C=O) groups is 1. The second kappa shape index (κ2) is 5.97. The van der Waals surface area contributed by atoms with E-state index >= 15 is 0 Å². The maximum Gasteiger partial charge on any atom is 0.329 e. The van der Waals surface area contributed by atoms with Crippen LogP contribution in [0.5, 0.6) is 0 Å². The van der Waals surface area contributed by atoms with Gasteiger partial charge in [0.15, 0.2) is 0 Å². The Balaban J connectivity index is 2.21. The first-order valence-corrected chi connectivity index (χ1v) is 6.68. The van der Waals surface area contributed by atoms with Gasteiger partial charge in [-0.05, 0) is 36.8 Å². The molecule has 0 amide bonds. The van der Waals surface area contributed by atoms with Gasteiger partial charge in [-0.15, -0.1) is 0 Å². The zero-order valence-corrected chi connectivity index (χ0v) is 11.9. The third-order valence-corrected chi connectivity index (χ3v) is 3.39. The molecule has 2 rings (SSSR count). The molecule has 0 aromatic heterocycles. The van der Waals surface area contributed by atoms with Crippen molar-refractivity contribution in [2.75, 3.05) is 5.32 Å². The van der Waals surface area contributed by atoms with Crippen molar-refractivity contribution in [3.8, 4) is 0 Å². The van der Waals surface area contributed by atoms with Gasteiger partial charge in [0.2, 0.25) is 0 Å². The number of halogens is 1. The molecular formula is C16H16ClNO2. The quantitative estimate of drug-likeness (QED) is 0.879. The van der Waals surface area contributed by atoms with Crippen molar-refractivity contribution in [2.45, 2.75) is 18.9 Å². The standard InChI is InChI=1S/C16H16ClNO2/c1-16(15(19)20,18-14-5-3-2-4-6-14)11-12-7-9-13(17)10-8-12/h2-10,18H,11H2,1H3,(H,19,20). The second-order valence-electron chi connectivity index (χ2n) is 4.93. The fourth-order valence-electron chi connectivity index (χ4n) is 2.02. The van der Waals surface area contributed by atoms with Gasteiger partial charge in [-0.1, -0.05) is 41.9 Å². The number of hydrogen-bond donors (Lipinski definition) is 2. The van der Waals surface area contributed by atoms with Crippen LogP contribution in [0.3, 0.4) is 0 Å². The molecule has 0 radical (unpaired) electrons. The van der Waals surface area contributed by atoms with E-state index < -0.39 is 11.5 Å². The average molecular weight is 290 g/mol. The molecule has 0 saturated heterocycles. The van der Waals surface area contributed by atoms with Crippen molar-refractivity contribution in [1.29, 1.82) is 0 Å². The summed E-state index contributed by atoms with van der Waals surface area (Å²) >= 11 is 5.84. The van der Waals surface area contributed by atoms with Gasteiger partial charge in [-0.2, -0.15) is 0 Å². The summed E-state index contributed by atoms with van der Waals surface area (Å²) in [4.78, 5) is 11.6. The lowest BCUT2D eigenvalue weighted by Crippen LogP contribution is -2.45. The van der Waals surface area contributed by atoms with Crippen LogP contribution in [0.2, 0.25) is 5.02 Å². The highest BCUT2D eigenvalue weighted by Crippen LogP contribution is 2.21. The first-order chi connectivity index (χ1) is 9.49. The zero-order chi connectivity index (χ0) is 14.6. The van der Waals surface area contributed by atoms with Crippen LogP contribution in [0, 0.1) is 0 Å². The van der Waals surface area contributed by atoms with Gasteiger partial charge in [-0.25, -0.2) is 4.79 Å². The van der Waals surface area contributed by atoms with Crippen LogP contribution in [0.1, 0.15) is 12.5 Å². The van der Waals surface area contributed by atoms with Crippen molar-refractivity contribution in [3.05, 3.63) is 65.2 Å². The Morgan fingerprint density at radius 3 is 2.30 bits per heavy atom. The molecule has 0 heterocycles. The molecular weight excluding hydrogens is 274 g/mol. The van der Waals surface area contributed by atoms with E-state index in [9.17, 15) is 9.90 Å². The van der Waals surface area contributed by atoms with Gasteiger partial charge >= 0.3 is 5.97 Å². The fraction of sp³-hybridized carbons (Fsp3) is 0.188. The summed E-state index contributed by atoms with van der Waals surface area (Å²) in [7, 11) is 0. The molecule has 0 aliphatic carbocycles. The molecule has 0 fully saturated rings. The van der Waals surface area contributed by atoms with Gasteiger partial charge in [0, 0.05) is 17.1 Å². The summed E-state index contributed by atoms with van der Waals surface area (Å²) in [5, 5.41) is 13.2. The predicted octanol–water partition coefficient (Wildman–Crippen LogP) is 3.84. The summed E-state index contributed by atoms with van der Waals surface area (Å²) in [6, 6.07) is 16.5. The van der Waals surface area contributed by atoms with E-state index in [1.54, 1.807) is 19.1 Å². The van der Waals surface area contributed by atoms with Crippen molar-refractivity contribution < 1.29 is 9.90 Å². The minimum atomic E-state index is -1.07. The molecule has 1 atom stereocenters. The topological polar surface area (TPSA) is 49.3 Å². The number of para-hydroxylation sites is 1. The maximum absolute atomic E-state index is 11.6. The number of rotatable bonds is 5. The Kier molecular flexibility index (Phi) is 4.30. The molecule has 2 aromatic rings. The Morgan fingerprint density at radius 2 is 1.75 bits per heavy atom. The normalized spacial score (nSPS) is 13.5. The molecule has 3 nitrogen and oxygen atoms in total. The monoisotopic (exact) mass is 289 g/mol. The van der Waals surface area contributed by atoms with Crippen LogP contribution in [-0.4, -0.2) is 16.6 Å². The van der Waals surface area contributed by atoms with E-state index in [1.165, 1.54) is 0 Å². The summed E-state index contributed by atoms with van der Waals surface area (Å²) in [5.41, 5.74) is 0.629. The highest BCUT2D eigenvalue weighted by atomic mass is 35.5. The van der Waals surface area contributed by atoms with Crippen LogP contribution in [0.4, 0.5) is 5.69 Å². The van der Waals surface area contributed by atoms with E-state index in [4.69, 9.17) is 11.6 Å². The van der Waals surface area contributed by atoms with Gasteiger partial charge < -0.3 is 10.4 Å². The Hall–Kier alpha value is -2.00. The molecule has 0 aliphatic rings. The summed E-state index contributed by atoms with van der Waals surface area (Å²) < 4.78 is 0. The first kappa shape index (κ1) is 14.4. The minimum Gasteiger partial charge on any atom is -0.480 e. The minimum absolute atomic E-state index is 0.369. The van der Waals surface area contributed by atoms with Crippen molar-refractivity contribution >= 4 is 23.3 Å². The van der Waals surface area contributed by atoms with E-state index in [1.807, 2.05) is 42.5 Å². The number of anilines is 1. The summed E-state index contributed by atoms with van der Waals surface area (Å²) in [5.74, 6) is -0.892. The van der Waals surface area contributed by atoms with Crippen molar-refractivity contribution in [1.82, 2.24) is 0 Å². The predicted molar refractivity (Wildman–Crippen MR) is 81.3 cm³/mol. The Bertz CT molecular complexity index is 583. The van der Waals surface area contributed by atoms with E-state index in [0.29, 0.717) is 11.4 Å². The largest absolute Gasteiger partial charge is 0.480 e. The van der Waals surface area contributed by atoms with Crippen LogP contribution in [0.25, 0.3) is 0 Å². The summed E-state index contributed by atoms with van der Waals surface area (Å²) in [6.07, 6.45) is 0.369. The van der Waals surface area contributed by atoms with E-state index in [0.717, 1.165) is 11.3 Å². The molecule has 2 N–H and O–H groups in total. The lowest BCUT2D eigenvalue weighted by Gasteiger charge is -2.27. The van der Waals surface area contributed by atoms with Gasteiger partial charge in [-0.3, -0.25) is 0 Å². The molecule has 20 heavy (non-hydrogen) atoms. The number of hydrogen-bond acceptors (Lipinski definition) is 2. The smallest absolute Gasteiger partial charge is 0.329 e. The van der Waals surface area contributed by atoms with Gasteiger partial charge in [0.1, 0.15) is 5.54 Å². The second-order valence-corrected chi connectivity index (χ2v) is 5.37. The van der Waals surface area contributed by atoms with Crippen LogP contribution in [-0.2, 0) is 11.2 Å². The van der Waals surface area contributed by atoms with E-state index in [2.05, 4.69) is 5.32 Å². The van der Waals surface area contributed by atoms with E-state index in [-0.39, 0.29) is 0 Å². The number of aliphatic carboxylic acids is 1. The van der Waals surface area contributed by atoms with Crippen LogP contribution >= 0.6 is 11.6 Å². The molecule has 4 heteroatoms. The zero-order valence-electron chi connectivity index (χ0n) is 11.1. The van der Waals surface area contributed by atoms with Crippen LogP contribution in [0.15, 0.2) is 54.6 Å². The number of carboxylic acid groups (broad SMARTS) is 1. The van der Waals surface area contributed by atoms with Crippen molar-refractivity contribution in [3.63, 3.8) is 0 Å². The van der Waals surface area contributed by atoms with Gasteiger partial charge in [0.05, 0.1) is 0 Å². The lowest BCUT2D eigenvalue weighted by molar-refractivity contribution is -0.141. The highest BCUT2D eigenvalue weighted by molar-refractivity contribution is 6.30. The molecule has 104 valence electrons. The lowest BCUT2D eigenvalue weighted by atomic mass is 9.92. The average Bonchev–Trinajstić information content (AvgIpc) is 2.42. The molecule has 2 aromatic carbocycles. The molecule has 0 saturated carbocycles. The third kappa shape index (κ3) is 3.52. The number of carboxylic acids is 1. The first-order valence-electron chi connectivity index (χ1n) is 6.31. The third-order valence-electron chi connectivity index (χ3n) is 3.14. The molecule has 0 bridgehead atoms. The van der Waals surface area contributed by atoms with Crippen molar-refractivity contribution in [2.24, 2.45) is 0 Å².